The lowest BCUT2D eigenvalue weighted by Gasteiger charge is -2.31. The molecule has 4 nitrogen and oxygen atoms in total. The molecule has 2 heterocycles. The number of amides is 1. The van der Waals surface area contributed by atoms with Gasteiger partial charge in [0.2, 0.25) is 5.91 Å². The van der Waals surface area contributed by atoms with Crippen molar-refractivity contribution in [2.24, 2.45) is 5.92 Å². The van der Waals surface area contributed by atoms with Gasteiger partial charge in [-0.2, -0.15) is 0 Å². The Labute approximate surface area is 138 Å². The zero-order valence-corrected chi connectivity index (χ0v) is 13.7. The molecule has 1 saturated heterocycles. The Balaban J connectivity index is 1.65. The molecule has 0 N–H and O–H groups in total. The van der Waals surface area contributed by atoms with Gasteiger partial charge in [-0.25, -0.2) is 9.37 Å². The van der Waals surface area contributed by atoms with E-state index in [2.05, 4.69) is 4.98 Å². The molecule has 1 aliphatic carbocycles. The molecule has 6 heteroatoms. The molecular weight excluding hydrogens is 315 g/mol. The van der Waals surface area contributed by atoms with Gasteiger partial charge in [0.05, 0.1) is 22.9 Å². The number of hydrogen-bond acceptors (Lipinski definition) is 4. The highest BCUT2D eigenvalue weighted by Gasteiger charge is 2.33. The molecule has 2 aliphatic rings. The zero-order valence-electron chi connectivity index (χ0n) is 12.8. The zero-order chi connectivity index (χ0) is 15.8. The van der Waals surface area contributed by atoms with E-state index in [0.29, 0.717) is 11.7 Å². The van der Waals surface area contributed by atoms with Crippen LogP contribution in [0.25, 0.3) is 10.2 Å². The first kappa shape index (κ1) is 15.0. The van der Waals surface area contributed by atoms with E-state index in [4.69, 9.17) is 4.74 Å². The van der Waals surface area contributed by atoms with Crippen LogP contribution in [0.15, 0.2) is 18.2 Å². The lowest BCUT2D eigenvalue weighted by molar-refractivity contribution is -0.125. The van der Waals surface area contributed by atoms with Gasteiger partial charge in [-0.15, -0.1) is 0 Å². The van der Waals surface area contributed by atoms with Gasteiger partial charge in [0, 0.05) is 12.5 Å². The molecule has 0 unspecified atom stereocenters. The second-order valence-corrected chi connectivity index (χ2v) is 7.33. The summed E-state index contributed by atoms with van der Waals surface area (Å²) in [6, 6.07) is 4.56. The molecule has 1 amide bonds. The summed E-state index contributed by atoms with van der Waals surface area (Å²) in [5.41, 5.74) is 0.741. The largest absolute Gasteiger partial charge is 0.376 e. The van der Waals surface area contributed by atoms with Crippen LogP contribution in [0.4, 0.5) is 9.52 Å². The predicted octanol–water partition coefficient (Wildman–Crippen LogP) is 3.75. The maximum absolute atomic E-state index is 13.4. The standard InChI is InChI=1S/C17H19FN2O2S/c18-12-6-7-14-15(9-12)23-17(19-14)20(10-13-5-2-8-22-13)16(21)11-3-1-4-11/h6-7,9,11,13H,1-5,8,10H2/t13-/m0/s1. The lowest BCUT2D eigenvalue weighted by Crippen LogP contribution is -2.43. The minimum Gasteiger partial charge on any atom is -0.376 e. The number of rotatable bonds is 4. The quantitative estimate of drug-likeness (QED) is 0.855. The summed E-state index contributed by atoms with van der Waals surface area (Å²) < 4.78 is 19.9. The van der Waals surface area contributed by atoms with Crippen LogP contribution >= 0.6 is 11.3 Å². The Morgan fingerprint density at radius 3 is 2.91 bits per heavy atom. The van der Waals surface area contributed by atoms with Crippen molar-refractivity contribution in [3.05, 3.63) is 24.0 Å². The van der Waals surface area contributed by atoms with Crippen molar-refractivity contribution in [2.45, 2.75) is 38.2 Å². The van der Waals surface area contributed by atoms with Crippen molar-refractivity contribution in [1.82, 2.24) is 4.98 Å². The van der Waals surface area contributed by atoms with Gasteiger partial charge in [-0.3, -0.25) is 9.69 Å². The Morgan fingerprint density at radius 2 is 2.22 bits per heavy atom. The van der Waals surface area contributed by atoms with E-state index in [0.717, 1.165) is 48.9 Å². The minimum absolute atomic E-state index is 0.0859. The third-order valence-corrected chi connectivity index (χ3v) is 5.74. The summed E-state index contributed by atoms with van der Waals surface area (Å²) in [4.78, 5) is 19.2. The van der Waals surface area contributed by atoms with Gasteiger partial charge >= 0.3 is 0 Å². The number of halogens is 1. The maximum atomic E-state index is 13.4. The van der Waals surface area contributed by atoms with Crippen LogP contribution in [-0.2, 0) is 9.53 Å². The fourth-order valence-electron chi connectivity index (χ4n) is 3.13. The smallest absolute Gasteiger partial charge is 0.231 e. The van der Waals surface area contributed by atoms with Crippen molar-refractivity contribution < 1.29 is 13.9 Å². The van der Waals surface area contributed by atoms with Crippen molar-refractivity contribution in [2.75, 3.05) is 18.1 Å². The van der Waals surface area contributed by atoms with E-state index in [1.54, 1.807) is 11.0 Å². The second-order valence-electron chi connectivity index (χ2n) is 6.32. The Hall–Kier alpha value is -1.53. The van der Waals surface area contributed by atoms with E-state index in [-0.39, 0.29) is 23.7 Å². The van der Waals surface area contributed by atoms with E-state index in [1.807, 2.05) is 0 Å². The lowest BCUT2D eigenvalue weighted by atomic mass is 9.84. The van der Waals surface area contributed by atoms with Crippen LogP contribution in [0.2, 0.25) is 0 Å². The molecule has 0 spiro atoms. The first-order valence-electron chi connectivity index (χ1n) is 8.20. The van der Waals surface area contributed by atoms with E-state index >= 15 is 0 Å². The number of nitrogens with zero attached hydrogens (tertiary/aromatic N) is 2. The molecule has 4 rings (SSSR count). The normalized spacial score (nSPS) is 21.5. The Bertz CT molecular complexity index is 722. The molecule has 1 aliphatic heterocycles. The molecule has 122 valence electrons. The summed E-state index contributed by atoms with van der Waals surface area (Å²) >= 11 is 1.38. The molecular formula is C17H19FN2O2S. The molecule has 1 saturated carbocycles. The average molecular weight is 334 g/mol. The number of carbonyl (C=O) groups excluding carboxylic acids is 1. The van der Waals surface area contributed by atoms with Gasteiger partial charge in [-0.1, -0.05) is 17.8 Å². The number of thiazole rings is 1. The van der Waals surface area contributed by atoms with Crippen molar-refractivity contribution >= 4 is 32.6 Å². The third kappa shape index (κ3) is 2.97. The Kier molecular flexibility index (Phi) is 4.03. The number of anilines is 1. The molecule has 2 fully saturated rings. The summed E-state index contributed by atoms with van der Waals surface area (Å²) in [6.07, 6.45) is 5.15. The summed E-state index contributed by atoms with van der Waals surface area (Å²) in [7, 11) is 0. The Morgan fingerprint density at radius 1 is 1.35 bits per heavy atom. The van der Waals surface area contributed by atoms with Gasteiger partial charge < -0.3 is 4.74 Å². The summed E-state index contributed by atoms with van der Waals surface area (Å²) in [5, 5.41) is 0.665. The molecule has 1 aromatic carbocycles. The highest BCUT2D eigenvalue weighted by Crippen LogP contribution is 2.34. The van der Waals surface area contributed by atoms with Gasteiger partial charge in [0.15, 0.2) is 5.13 Å². The molecule has 23 heavy (non-hydrogen) atoms. The number of ether oxygens (including phenoxy) is 1. The van der Waals surface area contributed by atoms with Crippen LogP contribution in [0, 0.1) is 11.7 Å². The highest BCUT2D eigenvalue weighted by molar-refractivity contribution is 7.22. The number of fused-ring (bicyclic) bond motifs is 1. The van der Waals surface area contributed by atoms with E-state index in [9.17, 15) is 9.18 Å². The number of hydrogen-bond donors (Lipinski definition) is 0. The predicted molar refractivity (Wildman–Crippen MR) is 88.2 cm³/mol. The van der Waals surface area contributed by atoms with Crippen LogP contribution in [0.3, 0.4) is 0 Å². The van der Waals surface area contributed by atoms with Crippen LogP contribution < -0.4 is 4.90 Å². The topological polar surface area (TPSA) is 42.4 Å². The molecule has 1 aromatic heterocycles. The molecule has 2 aromatic rings. The summed E-state index contributed by atoms with van der Waals surface area (Å²) in [6.45, 7) is 1.32. The SMILES string of the molecule is O=C(C1CCC1)N(C[C@@H]1CCCO1)c1nc2ccc(F)cc2s1. The number of aromatic nitrogens is 1. The van der Waals surface area contributed by atoms with E-state index < -0.39 is 0 Å². The van der Waals surface area contributed by atoms with Crippen LogP contribution in [0.1, 0.15) is 32.1 Å². The monoisotopic (exact) mass is 334 g/mol. The van der Waals surface area contributed by atoms with Crippen molar-refractivity contribution in [3.8, 4) is 0 Å². The average Bonchev–Trinajstić information content (AvgIpc) is 3.11. The third-order valence-electron chi connectivity index (χ3n) is 4.70. The molecule has 1 atom stereocenters. The van der Waals surface area contributed by atoms with Gasteiger partial charge in [0.1, 0.15) is 5.82 Å². The molecule has 0 bridgehead atoms. The first-order chi connectivity index (χ1) is 11.2. The van der Waals surface area contributed by atoms with Crippen molar-refractivity contribution in [3.63, 3.8) is 0 Å². The second kappa shape index (κ2) is 6.17. The fraction of sp³-hybridized carbons (Fsp3) is 0.529. The number of carbonyl (C=O) groups is 1. The number of benzene rings is 1. The maximum Gasteiger partial charge on any atom is 0.231 e. The summed E-state index contributed by atoms with van der Waals surface area (Å²) in [5.74, 6) is -0.0184. The first-order valence-corrected chi connectivity index (χ1v) is 9.01. The highest BCUT2D eigenvalue weighted by atomic mass is 32.1. The van der Waals surface area contributed by atoms with Gasteiger partial charge in [-0.05, 0) is 43.9 Å². The van der Waals surface area contributed by atoms with Gasteiger partial charge in [0.25, 0.3) is 0 Å². The van der Waals surface area contributed by atoms with E-state index in [1.165, 1.54) is 23.5 Å². The fourth-order valence-corrected chi connectivity index (χ4v) is 4.14. The van der Waals surface area contributed by atoms with Crippen LogP contribution in [0.5, 0.6) is 0 Å². The van der Waals surface area contributed by atoms with Crippen molar-refractivity contribution in [1.29, 1.82) is 0 Å². The molecule has 0 radical (unpaired) electrons. The minimum atomic E-state index is -0.274. The van der Waals surface area contributed by atoms with Crippen LogP contribution in [-0.4, -0.2) is 30.1 Å².